The van der Waals surface area contributed by atoms with E-state index in [0.29, 0.717) is 27.4 Å². The topological polar surface area (TPSA) is 67.8 Å². The van der Waals surface area contributed by atoms with Crippen LogP contribution in [0, 0.1) is 0 Å². The number of ether oxygens (including phenoxy) is 1. The van der Waals surface area contributed by atoms with Crippen molar-refractivity contribution in [1.29, 1.82) is 0 Å². The van der Waals surface area contributed by atoms with Gasteiger partial charge >= 0.3 is 0 Å². The Balaban J connectivity index is 2.07. The van der Waals surface area contributed by atoms with E-state index in [1.807, 2.05) is 24.3 Å². The van der Waals surface area contributed by atoms with Crippen molar-refractivity contribution in [2.24, 2.45) is 10.9 Å². The summed E-state index contributed by atoms with van der Waals surface area (Å²) in [5, 5.41) is 12.3. The molecular formula is C14H12BrClN2O2. The van der Waals surface area contributed by atoms with E-state index in [1.54, 1.807) is 18.2 Å². The molecule has 0 saturated carbocycles. The third kappa shape index (κ3) is 3.65. The maximum Gasteiger partial charge on any atom is 0.171 e. The summed E-state index contributed by atoms with van der Waals surface area (Å²) in [6, 6.07) is 12.7. The highest BCUT2D eigenvalue weighted by atomic mass is 79.9. The second-order valence-electron chi connectivity index (χ2n) is 4.04. The van der Waals surface area contributed by atoms with Crippen molar-refractivity contribution in [3.63, 3.8) is 0 Å². The standard InChI is InChI=1S/C14H12BrClN2O2/c15-13-7-11(5-6-12(13)14(17)18-19)20-8-9-1-3-10(16)4-2-9/h1-7,19H,8H2,(H2,17,18). The molecule has 2 aromatic rings. The molecule has 3 N–H and O–H groups in total. The minimum atomic E-state index is 0.0427. The van der Waals surface area contributed by atoms with Gasteiger partial charge in [0.2, 0.25) is 0 Å². The van der Waals surface area contributed by atoms with Crippen LogP contribution in [-0.4, -0.2) is 11.0 Å². The van der Waals surface area contributed by atoms with E-state index in [1.165, 1.54) is 0 Å². The zero-order valence-electron chi connectivity index (χ0n) is 10.4. The monoisotopic (exact) mass is 354 g/mol. The minimum Gasteiger partial charge on any atom is -0.489 e. The molecule has 0 spiro atoms. The molecule has 2 aromatic carbocycles. The van der Waals surface area contributed by atoms with E-state index in [0.717, 1.165) is 5.56 Å². The maximum atomic E-state index is 8.66. The molecular weight excluding hydrogens is 344 g/mol. The Morgan fingerprint density at radius 1 is 1.25 bits per heavy atom. The van der Waals surface area contributed by atoms with Crippen molar-refractivity contribution >= 4 is 33.4 Å². The summed E-state index contributed by atoms with van der Waals surface area (Å²) in [6.45, 7) is 0.437. The van der Waals surface area contributed by atoms with E-state index >= 15 is 0 Å². The van der Waals surface area contributed by atoms with Gasteiger partial charge in [-0.2, -0.15) is 0 Å². The quantitative estimate of drug-likeness (QED) is 0.379. The van der Waals surface area contributed by atoms with Crippen molar-refractivity contribution in [3.05, 3.63) is 63.1 Å². The maximum absolute atomic E-state index is 8.66. The van der Waals surface area contributed by atoms with Gasteiger partial charge in [0.15, 0.2) is 5.84 Å². The smallest absolute Gasteiger partial charge is 0.171 e. The first-order valence-corrected chi connectivity index (χ1v) is 6.92. The summed E-state index contributed by atoms with van der Waals surface area (Å²) < 4.78 is 6.36. The molecule has 20 heavy (non-hydrogen) atoms. The molecule has 2 rings (SSSR count). The van der Waals surface area contributed by atoms with Crippen molar-refractivity contribution in [1.82, 2.24) is 0 Å². The van der Waals surface area contributed by atoms with Crippen molar-refractivity contribution in [2.75, 3.05) is 0 Å². The van der Waals surface area contributed by atoms with Gasteiger partial charge in [0.05, 0.1) is 0 Å². The number of amidine groups is 1. The first kappa shape index (κ1) is 14.7. The van der Waals surface area contributed by atoms with Gasteiger partial charge in [-0.1, -0.05) is 28.9 Å². The summed E-state index contributed by atoms with van der Waals surface area (Å²) in [7, 11) is 0. The van der Waals surface area contributed by atoms with Crippen molar-refractivity contribution in [2.45, 2.75) is 6.61 Å². The van der Waals surface area contributed by atoms with E-state index in [-0.39, 0.29) is 5.84 Å². The number of hydrogen-bond donors (Lipinski definition) is 2. The predicted molar refractivity (Wildman–Crippen MR) is 82.4 cm³/mol. The lowest BCUT2D eigenvalue weighted by Gasteiger charge is -2.09. The molecule has 0 aliphatic rings. The summed E-state index contributed by atoms with van der Waals surface area (Å²) in [6.07, 6.45) is 0. The van der Waals surface area contributed by atoms with E-state index in [4.69, 9.17) is 27.3 Å². The highest BCUT2D eigenvalue weighted by Gasteiger charge is 2.06. The fourth-order valence-electron chi connectivity index (χ4n) is 1.59. The first-order valence-electron chi connectivity index (χ1n) is 5.75. The van der Waals surface area contributed by atoms with Gasteiger partial charge in [-0.15, -0.1) is 0 Å². The van der Waals surface area contributed by atoms with Gasteiger partial charge in [-0.3, -0.25) is 0 Å². The van der Waals surface area contributed by atoms with Gasteiger partial charge in [-0.05, 0) is 51.8 Å². The highest BCUT2D eigenvalue weighted by Crippen LogP contribution is 2.24. The van der Waals surface area contributed by atoms with Crippen molar-refractivity contribution < 1.29 is 9.94 Å². The van der Waals surface area contributed by atoms with E-state index in [9.17, 15) is 0 Å². The largest absolute Gasteiger partial charge is 0.489 e. The number of nitrogens with two attached hydrogens (primary N) is 1. The van der Waals surface area contributed by atoms with Crippen LogP contribution in [0.25, 0.3) is 0 Å². The predicted octanol–water partition coefficient (Wildman–Crippen LogP) is 3.78. The molecule has 0 aliphatic heterocycles. The zero-order chi connectivity index (χ0) is 14.5. The van der Waals surface area contributed by atoms with Gasteiger partial charge < -0.3 is 15.7 Å². The molecule has 0 saturated heterocycles. The van der Waals surface area contributed by atoms with Gasteiger partial charge in [-0.25, -0.2) is 0 Å². The second-order valence-corrected chi connectivity index (χ2v) is 5.33. The lowest BCUT2D eigenvalue weighted by Crippen LogP contribution is -2.13. The van der Waals surface area contributed by atoms with Gasteiger partial charge in [0, 0.05) is 15.1 Å². The zero-order valence-corrected chi connectivity index (χ0v) is 12.7. The summed E-state index contributed by atoms with van der Waals surface area (Å²) >= 11 is 9.17. The molecule has 0 heterocycles. The van der Waals surface area contributed by atoms with Crippen LogP contribution in [0.4, 0.5) is 0 Å². The summed E-state index contributed by atoms with van der Waals surface area (Å²) in [4.78, 5) is 0. The number of hydrogen-bond acceptors (Lipinski definition) is 3. The molecule has 0 atom stereocenters. The average molecular weight is 356 g/mol. The molecule has 0 aromatic heterocycles. The van der Waals surface area contributed by atoms with E-state index < -0.39 is 0 Å². The Labute approximate surface area is 129 Å². The Morgan fingerprint density at radius 3 is 2.55 bits per heavy atom. The number of nitrogens with zero attached hydrogens (tertiary/aromatic N) is 1. The number of benzene rings is 2. The van der Waals surface area contributed by atoms with Crippen molar-refractivity contribution in [3.8, 4) is 5.75 Å². The molecule has 4 nitrogen and oxygen atoms in total. The Hall–Kier alpha value is -1.72. The molecule has 0 radical (unpaired) electrons. The van der Waals surface area contributed by atoms with Crippen LogP contribution >= 0.6 is 27.5 Å². The van der Waals surface area contributed by atoms with Crippen LogP contribution in [0.15, 0.2) is 52.1 Å². The first-order chi connectivity index (χ1) is 9.60. The summed E-state index contributed by atoms with van der Waals surface area (Å²) in [5.74, 6) is 0.724. The fraction of sp³-hybridized carbons (Fsp3) is 0.0714. The Morgan fingerprint density at radius 2 is 1.95 bits per heavy atom. The lowest BCUT2D eigenvalue weighted by molar-refractivity contribution is 0.306. The van der Waals surface area contributed by atoms with Crippen LogP contribution in [0.2, 0.25) is 5.02 Å². The fourth-order valence-corrected chi connectivity index (χ4v) is 2.28. The summed E-state index contributed by atoms with van der Waals surface area (Å²) in [5.41, 5.74) is 7.16. The molecule has 0 fully saturated rings. The Bertz CT molecular complexity index is 630. The third-order valence-electron chi connectivity index (χ3n) is 2.64. The normalized spacial score (nSPS) is 11.4. The molecule has 0 bridgehead atoms. The average Bonchev–Trinajstić information content (AvgIpc) is 2.46. The minimum absolute atomic E-state index is 0.0427. The van der Waals surface area contributed by atoms with Crippen LogP contribution in [-0.2, 0) is 6.61 Å². The third-order valence-corrected chi connectivity index (χ3v) is 3.55. The molecule has 0 aliphatic carbocycles. The van der Waals surface area contributed by atoms with Crippen LogP contribution in [0.1, 0.15) is 11.1 Å². The van der Waals surface area contributed by atoms with E-state index in [2.05, 4.69) is 21.1 Å². The molecule has 0 unspecified atom stereocenters. The van der Waals surface area contributed by atoms with Gasteiger partial charge in [0.25, 0.3) is 0 Å². The second kappa shape index (κ2) is 6.63. The number of oxime groups is 1. The lowest BCUT2D eigenvalue weighted by atomic mass is 10.2. The number of rotatable bonds is 4. The molecule has 6 heteroatoms. The van der Waals surface area contributed by atoms with Crippen LogP contribution in [0.3, 0.4) is 0 Å². The number of halogens is 2. The van der Waals surface area contributed by atoms with Gasteiger partial charge in [0.1, 0.15) is 12.4 Å². The highest BCUT2D eigenvalue weighted by molar-refractivity contribution is 9.10. The van der Waals surface area contributed by atoms with Crippen LogP contribution < -0.4 is 10.5 Å². The Kier molecular flexibility index (Phi) is 4.87. The van der Waals surface area contributed by atoms with Crippen LogP contribution in [0.5, 0.6) is 5.75 Å². The SMILES string of the molecule is N/C(=N/O)c1ccc(OCc2ccc(Cl)cc2)cc1Br. The molecule has 0 amide bonds. The molecule has 104 valence electrons.